The van der Waals surface area contributed by atoms with Crippen LogP contribution in [0.2, 0.25) is 0 Å². The molecule has 0 bridgehead atoms. The standard InChI is InChI=1S/C22H42O2/c1-3-5-7-8-9-10-11-12-13-14-15-16-17-18-20-21(22(23)24)19-6-4-2/h12-13,21H,3-11,14-20H2,1-2H3,(H,23,24)/b13-12-. The molecule has 0 heterocycles. The molecule has 0 amide bonds. The van der Waals surface area contributed by atoms with E-state index in [4.69, 9.17) is 0 Å². The molecule has 0 aromatic rings. The van der Waals surface area contributed by atoms with Crippen LogP contribution >= 0.6 is 0 Å². The summed E-state index contributed by atoms with van der Waals surface area (Å²) in [5.74, 6) is -0.705. The van der Waals surface area contributed by atoms with Gasteiger partial charge in [0, 0.05) is 0 Å². The highest BCUT2D eigenvalue weighted by Crippen LogP contribution is 2.18. The van der Waals surface area contributed by atoms with Crippen LogP contribution < -0.4 is 0 Å². The summed E-state index contributed by atoms with van der Waals surface area (Å²) in [6.45, 7) is 4.39. The molecule has 0 aliphatic heterocycles. The molecule has 0 saturated heterocycles. The van der Waals surface area contributed by atoms with Gasteiger partial charge in [-0.05, 0) is 38.5 Å². The van der Waals surface area contributed by atoms with E-state index in [1.54, 1.807) is 0 Å². The lowest BCUT2D eigenvalue weighted by molar-refractivity contribution is -0.142. The summed E-state index contributed by atoms with van der Waals surface area (Å²) in [6.07, 6.45) is 24.0. The first kappa shape index (κ1) is 23.2. The van der Waals surface area contributed by atoms with E-state index in [-0.39, 0.29) is 5.92 Å². The number of allylic oxidation sites excluding steroid dienone is 2. The van der Waals surface area contributed by atoms with Crippen LogP contribution in [0.15, 0.2) is 12.2 Å². The predicted octanol–water partition coefficient (Wildman–Crippen LogP) is 7.52. The molecular weight excluding hydrogens is 296 g/mol. The number of hydrogen-bond acceptors (Lipinski definition) is 1. The normalized spacial score (nSPS) is 12.8. The molecule has 0 radical (unpaired) electrons. The molecule has 0 aromatic heterocycles. The monoisotopic (exact) mass is 338 g/mol. The number of aliphatic carboxylic acids is 1. The lowest BCUT2D eigenvalue weighted by Gasteiger charge is -2.11. The summed E-state index contributed by atoms with van der Waals surface area (Å²) in [5.41, 5.74) is 0. The second-order valence-electron chi connectivity index (χ2n) is 7.20. The van der Waals surface area contributed by atoms with Crippen molar-refractivity contribution in [2.45, 2.75) is 117 Å². The van der Waals surface area contributed by atoms with Gasteiger partial charge in [0.1, 0.15) is 0 Å². The lowest BCUT2D eigenvalue weighted by atomic mass is 9.95. The van der Waals surface area contributed by atoms with Crippen LogP contribution in [0.4, 0.5) is 0 Å². The molecule has 2 heteroatoms. The Morgan fingerprint density at radius 3 is 1.71 bits per heavy atom. The first-order valence-electron chi connectivity index (χ1n) is 10.6. The van der Waals surface area contributed by atoms with Gasteiger partial charge >= 0.3 is 5.97 Å². The van der Waals surface area contributed by atoms with Crippen molar-refractivity contribution in [2.24, 2.45) is 5.92 Å². The Hall–Kier alpha value is -0.790. The van der Waals surface area contributed by atoms with Crippen LogP contribution in [0.5, 0.6) is 0 Å². The van der Waals surface area contributed by atoms with Crippen molar-refractivity contribution in [2.75, 3.05) is 0 Å². The maximum Gasteiger partial charge on any atom is 0.306 e. The minimum atomic E-state index is -0.596. The summed E-state index contributed by atoms with van der Waals surface area (Å²) in [4.78, 5) is 11.2. The van der Waals surface area contributed by atoms with Gasteiger partial charge in [-0.3, -0.25) is 4.79 Å². The first-order valence-corrected chi connectivity index (χ1v) is 10.6. The van der Waals surface area contributed by atoms with Gasteiger partial charge in [-0.25, -0.2) is 0 Å². The average Bonchev–Trinajstić information content (AvgIpc) is 2.57. The number of hydrogen-bond donors (Lipinski definition) is 1. The van der Waals surface area contributed by atoms with Gasteiger partial charge < -0.3 is 5.11 Å². The van der Waals surface area contributed by atoms with E-state index in [1.165, 1.54) is 70.6 Å². The zero-order valence-electron chi connectivity index (χ0n) is 16.4. The van der Waals surface area contributed by atoms with Gasteiger partial charge in [0.25, 0.3) is 0 Å². The molecule has 24 heavy (non-hydrogen) atoms. The number of carboxylic acids is 1. The molecule has 0 rings (SSSR count). The smallest absolute Gasteiger partial charge is 0.306 e. The molecule has 0 fully saturated rings. The predicted molar refractivity (Wildman–Crippen MR) is 105 cm³/mol. The van der Waals surface area contributed by atoms with E-state index in [0.29, 0.717) is 0 Å². The first-order chi connectivity index (χ1) is 11.7. The Labute approximate surface area is 151 Å². The second kappa shape index (κ2) is 18.5. The Bertz CT molecular complexity index is 296. The van der Waals surface area contributed by atoms with E-state index < -0.39 is 5.97 Å². The van der Waals surface area contributed by atoms with Gasteiger partial charge in [0.05, 0.1) is 5.92 Å². The van der Waals surface area contributed by atoms with Crippen LogP contribution in [0.25, 0.3) is 0 Å². The van der Waals surface area contributed by atoms with Crippen LogP contribution in [0.1, 0.15) is 117 Å². The van der Waals surface area contributed by atoms with Crippen molar-refractivity contribution in [3.63, 3.8) is 0 Å². The number of carbonyl (C=O) groups is 1. The molecule has 1 N–H and O–H groups in total. The lowest BCUT2D eigenvalue weighted by Crippen LogP contribution is -2.13. The highest BCUT2D eigenvalue weighted by molar-refractivity contribution is 5.69. The Kier molecular flexibility index (Phi) is 17.9. The van der Waals surface area contributed by atoms with E-state index in [1.807, 2.05) is 0 Å². The molecule has 1 unspecified atom stereocenters. The van der Waals surface area contributed by atoms with Crippen LogP contribution in [-0.2, 0) is 4.79 Å². The minimum Gasteiger partial charge on any atom is -0.481 e. The molecule has 0 aliphatic rings. The fourth-order valence-corrected chi connectivity index (χ4v) is 3.13. The fourth-order valence-electron chi connectivity index (χ4n) is 3.13. The molecular formula is C22H42O2. The third kappa shape index (κ3) is 16.1. The quantitative estimate of drug-likeness (QED) is 0.207. The molecule has 2 nitrogen and oxygen atoms in total. The summed E-state index contributed by atoms with van der Waals surface area (Å²) in [7, 11) is 0. The van der Waals surface area contributed by atoms with Gasteiger partial charge in [-0.1, -0.05) is 90.2 Å². The van der Waals surface area contributed by atoms with Gasteiger partial charge in [-0.15, -0.1) is 0 Å². The highest BCUT2D eigenvalue weighted by atomic mass is 16.4. The minimum absolute atomic E-state index is 0.109. The SMILES string of the molecule is CCCCCCCC/C=C\CCCCCCC(CCCC)C(=O)O. The Morgan fingerprint density at radius 2 is 1.17 bits per heavy atom. The van der Waals surface area contributed by atoms with Crippen molar-refractivity contribution >= 4 is 5.97 Å². The summed E-state index contributed by atoms with van der Waals surface area (Å²) < 4.78 is 0. The van der Waals surface area contributed by atoms with Crippen molar-refractivity contribution in [3.05, 3.63) is 12.2 Å². The number of unbranched alkanes of at least 4 members (excludes halogenated alkanes) is 11. The van der Waals surface area contributed by atoms with E-state index in [2.05, 4.69) is 26.0 Å². The Balaban J connectivity index is 3.37. The van der Waals surface area contributed by atoms with Crippen LogP contribution in [0, 0.1) is 5.92 Å². The van der Waals surface area contributed by atoms with Crippen LogP contribution in [-0.4, -0.2) is 11.1 Å². The molecule has 142 valence electrons. The van der Waals surface area contributed by atoms with E-state index >= 15 is 0 Å². The largest absolute Gasteiger partial charge is 0.481 e. The Morgan fingerprint density at radius 1 is 0.708 bits per heavy atom. The van der Waals surface area contributed by atoms with Crippen LogP contribution in [0.3, 0.4) is 0 Å². The maximum atomic E-state index is 11.2. The van der Waals surface area contributed by atoms with Gasteiger partial charge in [0.15, 0.2) is 0 Å². The van der Waals surface area contributed by atoms with Gasteiger partial charge in [0.2, 0.25) is 0 Å². The van der Waals surface area contributed by atoms with Gasteiger partial charge in [-0.2, -0.15) is 0 Å². The fraction of sp³-hybridized carbons (Fsp3) is 0.864. The number of carboxylic acid groups (broad SMARTS) is 1. The van der Waals surface area contributed by atoms with Crippen molar-refractivity contribution in [1.82, 2.24) is 0 Å². The summed E-state index contributed by atoms with van der Waals surface area (Å²) >= 11 is 0. The zero-order valence-corrected chi connectivity index (χ0v) is 16.4. The topological polar surface area (TPSA) is 37.3 Å². The third-order valence-electron chi connectivity index (χ3n) is 4.82. The molecule has 0 aliphatic carbocycles. The third-order valence-corrected chi connectivity index (χ3v) is 4.82. The van der Waals surface area contributed by atoms with Crippen molar-refractivity contribution < 1.29 is 9.90 Å². The molecule has 0 aromatic carbocycles. The highest BCUT2D eigenvalue weighted by Gasteiger charge is 2.15. The second-order valence-corrected chi connectivity index (χ2v) is 7.20. The van der Waals surface area contributed by atoms with Crippen molar-refractivity contribution in [1.29, 1.82) is 0 Å². The zero-order chi connectivity index (χ0) is 17.9. The van der Waals surface area contributed by atoms with E-state index in [9.17, 15) is 9.90 Å². The van der Waals surface area contributed by atoms with Crippen molar-refractivity contribution in [3.8, 4) is 0 Å². The summed E-state index contributed by atoms with van der Waals surface area (Å²) in [6, 6.07) is 0. The number of rotatable bonds is 18. The molecule has 0 saturated carbocycles. The summed E-state index contributed by atoms with van der Waals surface area (Å²) in [5, 5.41) is 9.19. The molecule has 1 atom stereocenters. The molecule has 0 spiro atoms. The maximum absolute atomic E-state index is 11.2. The van der Waals surface area contributed by atoms with E-state index in [0.717, 1.165) is 32.1 Å². The average molecular weight is 339 g/mol.